The highest BCUT2D eigenvalue weighted by Crippen LogP contribution is 2.29. The molecule has 4 nitrogen and oxygen atoms in total. The van der Waals surface area contributed by atoms with Gasteiger partial charge in [0.25, 0.3) is 0 Å². The third kappa shape index (κ3) is 4.45. The number of nitrogens with zero attached hydrogens (tertiary/aromatic N) is 1. The first-order chi connectivity index (χ1) is 9.31. The number of para-hydroxylation sites is 1. The molecule has 1 aliphatic rings. The Hall–Kier alpha value is -0.620. The average molecular weight is 329 g/mol. The smallest absolute Gasteiger partial charge is 0.136 e. The third-order valence-electron chi connectivity index (χ3n) is 3.22. The molecule has 0 atom stereocenters. The van der Waals surface area contributed by atoms with E-state index in [4.69, 9.17) is 15.2 Å². The molecule has 0 aromatic heterocycles. The lowest BCUT2D eigenvalue weighted by atomic mass is 10.1. The van der Waals surface area contributed by atoms with Crippen molar-refractivity contribution in [2.24, 2.45) is 5.73 Å². The van der Waals surface area contributed by atoms with Crippen molar-refractivity contribution in [3.63, 3.8) is 0 Å². The molecule has 0 radical (unpaired) electrons. The summed E-state index contributed by atoms with van der Waals surface area (Å²) in [6.07, 6.45) is 0.840. The predicted molar refractivity (Wildman–Crippen MR) is 79.7 cm³/mol. The molecule has 1 saturated heterocycles. The number of ether oxygens (including phenoxy) is 2. The maximum absolute atomic E-state index is 5.94. The highest BCUT2D eigenvalue weighted by molar-refractivity contribution is 9.10. The number of hydrogen-bond acceptors (Lipinski definition) is 4. The van der Waals surface area contributed by atoms with E-state index in [1.54, 1.807) is 0 Å². The van der Waals surface area contributed by atoms with Gasteiger partial charge in [0.1, 0.15) is 12.4 Å². The summed E-state index contributed by atoms with van der Waals surface area (Å²) in [7, 11) is 0. The molecular formula is C14H21BrN2O2. The summed E-state index contributed by atoms with van der Waals surface area (Å²) in [4.78, 5) is 2.36. The summed E-state index contributed by atoms with van der Waals surface area (Å²) in [6, 6.07) is 6.09. The Morgan fingerprint density at radius 2 is 2.11 bits per heavy atom. The fourth-order valence-corrected chi connectivity index (χ4v) is 2.69. The summed E-state index contributed by atoms with van der Waals surface area (Å²) >= 11 is 3.54. The van der Waals surface area contributed by atoms with Crippen molar-refractivity contribution in [1.82, 2.24) is 4.90 Å². The Kier molecular flexibility index (Phi) is 6.10. The highest BCUT2D eigenvalue weighted by Gasteiger charge is 2.11. The van der Waals surface area contributed by atoms with Crippen LogP contribution in [0.2, 0.25) is 0 Å². The second-order valence-electron chi connectivity index (χ2n) is 4.57. The van der Waals surface area contributed by atoms with Gasteiger partial charge in [0.2, 0.25) is 0 Å². The summed E-state index contributed by atoms with van der Waals surface area (Å²) in [6.45, 7) is 5.91. The molecule has 1 aliphatic heterocycles. The molecule has 1 heterocycles. The molecule has 0 saturated carbocycles. The first-order valence-electron chi connectivity index (χ1n) is 6.71. The van der Waals surface area contributed by atoms with E-state index >= 15 is 0 Å². The molecule has 19 heavy (non-hydrogen) atoms. The van der Waals surface area contributed by atoms with Gasteiger partial charge < -0.3 is 15.2 Å². The standard InChI is InChI=1S/C14H21BrN2O2/c15-13-3-1-2-12(4-5-16)14(13)19-11-8-17-6-9-18-10-7-17/h1-3H,4-11,16H2. The number of halogens is 1. The van der Waals surface area contributed by atoms with E-state index in [0.29, 0.717) is 13.2 Å². The van der Waals surface area contributed by atoms with Crippen LogP contribution < -0.4 is 10.5 Å². The summed E-state index contributed by atoms with van der Waals surface area (Å²) in [5, 5.41) is 0. The number of nitrogens with two attached hydrogens (primary N) is 1. The van der Waals surface area contributed by atoms with Gasteiger partial charge in [-0.25, -0.2) is 0 Å². The highest BCUT2D eigenvalue weighted by atomic mass is 79.9. The number of morpholine rings is 1. The third-order valence-corrected chi connectivity index (χ3v) is 3.84. The number of benzene rings is 1. The van der Waals surface area contributed by atoms with Crippen LogP contribution >= 0.6 is 15.9 Å². The molecule has 0 bridgehead atoms. The van der Waals surface area contributed by atoms with Crippen LogP contribution in [0.4, 0.5) is 0 Å². The lowest BCUT2D eigenvalue weighted by Crippen LogP contribution is -2.38. The molecule has 5 heteroatoms. The number of rotatable bonds is 6. The van der Waals surface area contributed by atoms with Crippen LogP contribution in [0.15, 0.2) is 22.7 Å². The maximum atomic E-state index is 5.94. The van der Waals surface area contributed by atoms with E-state index in [0.717, 1.165) is 49.5 Å². The monoisotopic (exact) mass is 328 g/mol. The van der Waals surface area contributed by atoms with Crippen molar-refractivity contribution < 1.29 is 9.47 Å². The van der Waals surface area contributed by atoms with Gasteiger partial charge in [0.15, 0.2) is 0 Å². The zero-order chi connectivity index (χ0) is 13.5. The van der Waals surface area contributed by atoms with E-state index in [-0.39, 0.29) is 0 Å². The van der Waals surface area contributed by atoms with Crippen molar-refractivity contribution in [2.75, 3.05) is 46.0 Å². The number of hydrogen-bond donors (Lipinski definition) is 1. The molecule has 106 valence electrons. The van der Waals surface area contributed by atoms with Gasteiger partial charge in [-0.3, -0.25) is 4.90 Å². The van der Waals surface area contributed by atoms with Crippen LogP contribution in [0, 0.1) is 0 Å². The Balaban J connectivity index is 1.87. The Labute approximate surface area is 123 Å². The fraction of sp³-hybridized carbons (Fsp3) is 0.571. The van der Waals surface area contributed by atoms with Gasteiger partial charge in [-0.15, -0.1) is 0 Å². The van der Waals surface area contributed by atoms with E-state index in [1.807, 2.05) is 12.1 Å². The van der Waals surface area contributed by atoms with Crippen LogP contribution in [0.1, 0.15) is 5.56 Å². The van der Waals surface area contributed by atoms with Gasteiger partial charge in [-0.2, -0.15) is 0 Å². The predicted octanol–water partition coefficient (Wildman–Crippen LogP) is 1.66. The van der Waals surface area contributed by atoms with Crippen LogP contribution in [-0.2, 0) is 11.2 Å². The minimum Gasteiger partial charge on any atom is -0.491 e. The van der Waals surface area contributed by atoms with Crippen LogP contribution in [-0.4, -0.2) is 50.9 Å². The van der Waals surface area contributed by atoms with E-state index < -0.39 is 0 Å². The molecule has 0 amide bonds. The minimum atomic E-state index is 0.635. The molecule has 1 fully saturated rings. The Bertz CT molecular complexity index is 395. The molecule has 2 rings (SSSR count). The van der Waals surface area contributed by atoms with Crippen molar-refractivity contribution in [1.29, 1.82) is 0 Å². The zero-order valence-corrected chi connectivity index (χ0v) is 12.7. The van der Waals surface area contributed by atoms with Gasteiger partial charge in [0, 0.05) is 19.6 Å². The van der Waals surface area contributed by atoms with Gasteiger partial charge >= 0.3 is 0 Å². The lowest BCUT2D eigenvalue weighted by Gasteiger charge is -2.26. The zero-order valence-electron chi connectivity index (χ0n) is 11.1. The van der Waals surface area contributed by atoms with Crippen LogP contribution in [0.3, 0.4) is 0 Å². The minimum absolute atomic E-state index is 0.635. The molecular weight excluding hydrogens is 308 g/mol. The van der Waals surface area contributed by atoms with E-state index in [9.17, 15) is 0 Å². The molecule has 2 N–H and O–H groups in total. The van der Waals surface area contributed by atoms with Gasteiger partial charge in [-0.05, 0) is 40.5 Å². The molecule has 0 aliphatic carbocycles. The normalized spacial score (nSPS) is 16.5. The fourth-order valence-electron chi connectivity index (χ4n) is 2.17. The summed E-state index contributed by atoms with van der Waals surface area (Å²) in [5.74, 6) is 0.932. The van der Waals surface area contributed by atoms with Crippen molar-refractivity contribution in [3.8, 4) is 5.75 Å². The van der Waals surface area contributed by atoms with Gasteiger partial charge in [-0.1, -0.05) is 12.1 Å². The van der Waals surface area contributed by atoms with Crippen molar-refractivity contribution >= 4 is 15.9 Å². The van der Waals surface area contributed by atoms with Gasteiger partial charge in [0.05, 0.1) is 17.7 Å². The molecule has 1 aromatic rings. The SMILES string of the molecule is NCCc1cccc(Br)c1OCCN1CCOCC1. The topological polar surface area (TPSA) is 47.7 Å². The van der Waals surface area contributed by atoms with E-state index in [2.05, 4.69) is 26.9 Å². The first kappa shape index (κ1) is 14.8. The second kappa shape index (κ2) is 7.85. The quantitative estimate of drug-likeness (QED) is 0.862. The van der Waals surface area contributed by atoms with E-state index in [1.165, 1.54) is 5.56 Å². The maximum Gasteiger partial charge on any atom is 0.136 e. The summed E-state index contributed by atoms with van der Waals surface area (Å²) in [5.41, 5.74) is 6.80. The first-order valence-corrected chi connectivity index (χ1v) is 7.51. The molecule has 0 spiro atoms. The average Bonchev–Trinajstić information content (AvgIpc) is 2.43. The largest absolute Gasteiger partial charge is 0.491 e. The Morgan fingerprint density at radius 3 is 2.84 bits per heavy atom. The Morgan fingerprint density at radius 1 is 1.32 bits per heavy atom. The molecule has 1 aromatic carbocycles. The van der Waals surface area contributed by atoms with Crippen LogP contribution in [0.25, 0.3) is 0 Å². The summed E-state index contributed by atoms with van der Waals surface area (Å²) < 4.78 is 12.3. The second-order valence-corrected chi connectivity index (χ2v) is 5.42. The van der Waals surface area contributed by atoms with Crippen molar-refractivity contribution in [3.05, 3.63) is 28.2 Å². The molecule has 0 unspecified atom stereocenters. The van der Waals surface area contributed by atoms with Crippen LogP contribution in [0.5, 0.6) is 5.75 Å². The lowest BCUT2D eigenvalue weighted by molar-refractivity contribution is 0.0321. The van der Waals surface area contributed by atoms with Crippen molar-refractivity contribution in [2.45, 2.75) is 6.42 Å².